The number of fused-ring (bicyclic) bond motifs is 1. The van der Waals surface area contributed by atoms with Crippen molar-refractivity contribution in [3.8, 4) is 22.9 Å². The van der Waals surface area contributed by atoms with E-state index in [4.69, 9.17) is 10.00 Å². The SMILES string of the molecule is CC(C)(C)Cn1nnc2c(Br)c(OCc3cccc(-c4cnc(C#N)nc4)c3)ccc21. The number of nitriles is 1. The lowest BCUT2D eigenvalue weighted by molar-refractivity contribution is 0.304. The van der Waals surface area contributed by atoms with Gasteiger partial charge >= 0.3 is 0 Å². The molecule has 0 radical (unpaired) electrons. The molecule has 7 nitrogen and oxygen atoms in total. The Balaban J connectivity index is 1.53. The molecule has 0 bridgehead atoms. The highest BCUT2D eigenvalue weighted by atomic mass is 79.9. The number of hydrogen-bond donors (Lipinski definition) is 0. The van der Waals surface area contributed by atoms with Crippen molar-refractivity contribution in [3.63, 3.8) is 0 Å². The molecule has 4 aromatic rings. The van der Waals surface area contributed by atoms with Gasteiger partial charge in [-0.25, -0.2) is 14.6 Å². The zero-order valence-electron chi connectivity index (χ0n) is 17.5. The van der Waals surface area contributed by atoms with E-state index in [9.17, 15) is 0 Å². The summed E-state index contributed by atoms with van der Waals surface area (Å²) in [7, 11) is 0. The summed E-state index contributed by atoms with van der Waals surface area (Å²) in [4.78, 5) is 8.07. The number of benzene rings is 2. The summed E-state index contributed by atoms with van der Waals surface area (Å²) in [5, 5.41) is 17.5. The van der Waals surface area contributed by atoms with E-state index in [1.807, 2.05) is 47.1 Å². The lowest BCUT2D eigenvalue weighted by Crippen LogP contribution is -2.16. The van der Waals surface area contributed by atoms with Crippen LogP contribution in [0.2, 0.25) is 0 Å². The molecule has 8 heteroatoms. The second kappa shape index (κ2) is 8.44. The van der Waals surface area contributed by atoms with Crippen LogP contribution in [0.15, 0.2) is 53.3 Å². The van der Waals surface area contributed by atoms with Gasteiger partial charge in [0.1, 0.15) is 23.9 Å². The molecule has 0 aliphatic heterocycles. The van der Waals surface area contributed by atoms with Crippen molar-refractivity contribution in [3.05, 3.63) is 64.7 Å². The molecule has 0 fully saturated rings. The second-order valence-corrected chi connectivity index (χ2v) is 9.24. The number of nitrogens with zero attached hydrogens (tertiary/aromatic N) is 6. The van der Waals surface area contributed by atoms with Crippen LogP contribution in [0.1, 0.15) is 32.2 Å². The number of aromatic nitrogens is 5. The highest BCUT2D eigenvalue weighted by molar-refractivity contribution is 9.10. The smallest absolute Gasteiger partial charge is 0.232 e. The third-order valence-electron chi connectivity index (χ3n) is 4.62. The average molecular weight is 477 g/mol. The Labute approximate surface area is 188 Å². The standard InChI is InChI=1S/C23H21BrN6O/c1-23(2,3)14-30-18-7-8-19(21(24)22(18)28-29-30)31-13-15-5-4-6-16(9-15)17-11-26-20(10-25)27-12-17/h4-9,11-12H,13-14H2,1-3H3. The predicted molar refractivity (Wildman–Crippen MR) is 121 cm³/mol. The van der Waals surface area contributed by atoms with Crippen molar-refractivity contribution < 1.29 is 4.74 Å². The molecule has 4 rings (SSSR count). The van der Waals surface area contributed by atoms with Crippen molar-refractivity contribution in [2.24, 2.45) is 5.41 Å². The van der Waals surface area contributed by atoms with Crippen LogP contribution in [0.3, 0.4) is 0 Å². The van der Waals surface area contributed by atoms with Crippen LogP contribution in [0.4, 0.5) is 0 Å². The Morgan fingerprint density at radius 3 is 2.58 bits per heavy atom. The predicted octanol–water partition coefficient (Wildman–Crippen LogP) is 5.15. The van der Waals surface area contributed by atoms with Crippen LogP contribution in [-0.2, 0) is 13.2 Å². The fourth-order valence-corrected chi connectivity index (χ4v) is 3.73. The van der Waals surface area contributed by atoms with Crippen LogP contribution in [0.25, 0.3) is 22.2 Å². The number of hydrogen-bond acceptors (Lipinski definition) is 6. The van der Waals surface area contributed by atoms with E-state index in [0.717, 1.165) is 38.7 Å². The monoisotopic (exact) mass is 476 g/mol. The Hall–Kier alpha value is -3.31. The minimum atomic E-state index is 0.104. The van der Waals surface area contributed by atoms with Gasteiger partial charge in [-0.15, -0.1) is 5.10 Å². The Kier molecular flexibility index (Phi) is 5.70. The van der Waals surface area contributed by atoms with Gasteiger partial charge in [0.15, 0.2) is 0 Å². The van der Waals surface area contributed by atoms with Crippen LogP contribution in [0, 0.1) is 16.7 Å². The van der Waals surface area contributed by atoms with Gasteiger partial charge in [0, 0.05) is 24.5 Å². The van der Waals surface area contributed by atoms with Crippen molar-refractivity contribution in [2.45, 2.75) is 33.9 Å². The molecule has 0 N–H and O–H groups in total. The molecule has 0 amide bonds. The fourth-order valence-electron chi connectivity index (χ4n) is 3.20. The van der Waals surface area contributed by atoms with E-state index in [0.29, 0.717) is 12.4 Å². The molecule has 2 heterocycles. The van der Waals surface area contributed by atoms with Gasteiger partial charge in [-0.2, -0.15) is 5.26 Å². The van der Waals surface area contributed by atoms with E-state index >= 15 is 0 Å². The first-order chi connectivity index (χ1) is 14.8. The van der Waals surface area contributed by atoms with Gasteiger partial charge in [-0.05, 0) is 50.7 Å². The Bertz CT molecular complexity index is 1270. The molecule has 0 spiro atoms. The summed E-state index contributed by atoms with van der Waals surface area (Å²) in [6.45, 7) is 7.69. The zero-order valence-corrected chi connectivity index (χ0v) is 19.1. The molecule has 0 atom stereocenters. The first kappa shape index (κ1) is 20.9. The van der Waals surface area contributed by atoms with Gasteiger partial charge in [-0.1, -0.05) is 44.2 Å². The quantitative estimate of drug-likeness (QED) is 0.395. The summed E-state index contributed by atoms with van der Waals surface area (Å²) in [5.74, 6) is 0.866. The third kappa shape index (κ3) is 4.72. The van der Waals surface area contributed by atoms with E-state index in [2.05, 4.69) is 57.0 Å². The topological polar surface area (TPSA) is 89.5 Å². The molecule has 0 unspecified atom stereocenters. The zero-order chi connectivity index (χ0) is 22.0. The molecule has 31 heavy (non-hydrogen) atoms. The Morgan fingerprint density at radius 2 is 1.87 bits per heavy atom. The second-order valence-electron chi connectivity index (χ2n) is 8.45. The minimum absolute atomic E-state index is 0.104. The largest absolute Gasteiger partial charge is 0.488 e. The van der Waals surface area contributed by atoms with Gasteiger partial charge in [0.05, 0.1) is 9.99 Å². The lowest BCUT2D eigenvalue weighted by atomic mass is 9.97. The van der Waals surface area contributed by atoms with Gasteiger partial charge in [0.2, 0.25) is 5.82 Å². The first-order valence-corrected chi connectivity index (χ1v) is 10.6. The highest BCUT2D eigenvalue weighted by Crippen LogP contribution is 2.33. The van der Waals surface area contributed by atoms with E-state index in [1.165, 1.54) is 0 Å². The molecule has 2 aromatic carbocycles. The normalized spacial score (nSPS) is 11.5. The van der Waals surface area contributed by atoms with Crippen LogP contribution < -0.4 is 4.74 Å². The van der Waals surface area contributed by atoms with E-state index in [1.54, 1.807) is 12.4 Å². The van der Waals surface area contributed by atoms with Crippen molar-refractivity contribution in [2.75, 3.05) is 0 Å². The molecule has 0 saturated heterocycles. The molecule has 0 aliphatic rings. The summed E-state index contributed by atoms with van der Waals surface area (Å²) in [6, 6.07) is 13.8. The number of halogens is 1. The average Bonchev–Trinajstić information content (AvgIpc) is 3.15. The third-order valence-corrected chi connectivity index (χ3v) is 5.39. The Morgan fingerprint density at radius 1 is 1.10 bits per heavy atom. The van der Waals surface area contributed by atoms with Crippen molar-refractivity contribution in [1.82, 2.24) is 25.0 Å². The van der Waals surface area contributed by atoms with E-state index in [-0.39, 0.29) is 11.2 Å². The highest BCUT2D eigenvalue weighted by Gasteiger charge is 2.17. The van der Waals surface area contributed by atoms with E-state index < -0.39 is 0 Å². The van der Waals surface area contributed by atoms with Crippen LogP contribution in [-0.4, -0.2) is 25.0 Å². The number of rotatable bonds is 5. The summed E-state index contributed by atoms with van der Waals surface area (Å²) >= 11 is 3.63. The fraction of sp³-hybridized carbons (Fsp3) is 0.261. The number of ether oxygens (including phenoxy) is 1. The van der Waals surface area contributed by atoms with Crippen molar-refractivity contribution in [1.29, 1.82) is 5.26 Å². The van der Waals surface area contributed by atoms with Crippen molar-refractivity contribution >= 4 is 27.0 Å². The summed E-state index contributed by atoms with van der Waals surface area (Å²) in [6.07, 6.45) is 3.30. The molecule has 156 valence electrons. The van der Waals surface area contributed by atoms with Crippen LogP contribution in [0.5, 0.6) is 5.75 Å². The maximum atomic E-state index is 8.86. The van der Waals surface area contributed by atoms with Gasteiger partial charge in [-0.3, -0.25) is 0 Å². The lowest BCUT2D eigenvalue weighted by Gasteiger charge is -2.18. The molecule has 0 saturated carbocycles. The maximum absolute atomic E-state index is 8.86. The molecular weight excluding hydrogens is 456 g/mol. The minimum Gasteiger partial charge on any atom is -0.488 e. The molecule has 0 aliphatic carbocycles. The summed E-state index contributed by atoms with van der Waals surface area (Å²) < 4.78 is 8.79. The maximum Gasteiger partial charge on any atom is 0.232 e. The first-order valence-electron chi connectivity index (χ1n) is 9.80. The molecular formula is C23H21BrN6O. The van der Waals surface area contributed by atoms with Crippen LogP contribution >= 0.6 is 15.9 Å². The molecule has 2 aromatic heterocycles. The van der Waals surface area contributed by atoms with Gasteiger partial charge in [0.25, 0.3) is 0 Å². The summed E-state index contributed by atoms with van der Waals surface area (Å²) in [5.41, 5.74) is 4.67. The van der Waals surface area contributed by atoms with Gasteiger partial charge < -0.3 is 4.74 Å².